The van der Waals surface area contributed by atoms with Gasteiger partial charge in [-0.3, -0.25) is 4.79 Å². The summed E-state index contributed by atoms with van der Waals surface area (Å²) in [6.07, 6.45) is 3.99. The van der Waals surface area contributed by atoms with Crippen LogP contribution in [0.25, 0.3) is 0 Å². The number of amides is 1. The largest absolute Gasteiger partial charge is 1.00 e. The van der Waals surface area contributed by atoms with Gasteiger partial charge >= 0.3 is 118 Å². The first-order valence-corrected chi connectivity index (χ1v) is 10.2. The van der Waals surface area contributed by atoms with Crippen molar-refractivity contribution >= 4 is 21.1 Å². The summed E-state index contributed by atoms with van der Waals surface area (Å²) in [4.78, 5) is 54.7. The molecule has 0 aliphatic carbocycles. The zero-order valence-corrected chi connectivity index (χ0v) is 27.1. The van der Waals surface area contributed by atoms with E-state index in [1.807, 2.05) is 19.9 Å². The molecule has 0 saturated heterocycles. The van der Waals surface area contributed by atoms with Crippen LogP contribution in [0.3, 0.4) is 0 Å². The van der Waals surface area contributed by atoms with E-state index < -0.39 is 39.5 Å². The van der Waals surface area contributed by atoms with Gasteiger partial charge in [-0.2, -0.15) is 0 Å². The summed E-state index contributed by atoms with van der Waals surface area (Å²) >= 11 is 0. The van der Waals surface area contributed by atoms with Gasteiger partial charge in [0, 0.05) is 18.0 Å². The number of rotatable bonds is 9. The van der Waals surface area contributed by atoms with E-state index >= 15 is 0 Å². The Bertz CT molecular complexity index is 549. The number of carbonyl (C=O) groups is 1. The van der Waals surface area contributed by atoms with E-state index in [1.165, 1.54) is 6.08 Å². The minimum atomic E-state index is -5.57. The van der Waals surface area contributed by atoms with Crippen molar-refractivity contribution in [2.75, 3.05) is 6.54 Å². The molecule has 27 heavy (non-hydrogen) atoms. The van der Waals surface area contributed by atoms with Crippen molar-refractivity contribution in [2.45, 2.75) is 45.4 Å². The average Bonchev–Trinajstić information content (AvgIpc) is 2.30. The van der Waals surface area contributed by atoms with Gasteiger partial charge in [-0.25, -0.2) is 0 Å². The Hall–Kier alpha value is 3.25. The third-order valence-corrected chi connectivity index (χ3v) is 6.57. The monoisotopic (exact) mass is 457 g/mol. The average molecular weight is 457 g/mol. The minimum absolute atomic E-state index is 0. The van der Waals surface area contributed by atoms with Gasteiger partial charge in [0.25, 0.3) is 0 Å². The van der Waals surface area contributed by atoms with Gasteiger partial charge in [-0.15, -0.1) is 0 Å². The Labute approximate surface area is 249 Å². The van der Waals surface area contributed by atoms with Crippen LogP contribution in [0.4, 0.5) is 0 Å². The number of hydrogen-bond donors (Lipinski definition) is 1. The van der Waals surface area contributed by atoms with E-state index in [0.29, 0.717) is 6.42 Å². The van der Waals surface area contributed by atoms with Gasteiger partial charge in [-0.05, 0) is 40.0 Å². The summed E-state index contributed by atoms with van der Waals surface area (Å²) in [5.41, 5.74) is 1.95. The zero-order valence-electron chi connectivity index (χ0n) is 17.3. The number of allylic oxidation sites excluding steroid dienone is 3. The van der Waals surface area contributed by atoms with Crippen molar-refractivity contribution < 1.29 is 152 Å². The quantitative estimate of drug-likeness (QED) is 0.156. The fourth-order valence-electron chi connectivity index (χ4n) is 1.75. The summed E-state index contributed by atoms with van der Waals surface area (Å²) in [5.74, 6) is -0.545. The topological polar surface area (TPSA) is 155 Å². The smallest absolute Gasteiger partial charge is 0.810 e. The molecule has 0 rings (SSSR count). The van der Waals surface area contributed by atoms with E-state index in [4.69, 9.17) is 0 Å². The van der Waals surface area contributed by atoms with Crippen molar-refractivity contribution in [3.63, 3.8) is 0 Å². The summed E-state index contributed by atoms with van der Waals surface area (Å²) in [7, 11) is -11.1. The number of hydrogen-bond acceptors (Lipinski definition) is 7. The molecule has 0 saturated carbocycles. The minimum Gasteiger partial charge on any atom is -0.810 e. The summed E-state index contributed by atoms with van der Waals surface area (Å²) in [6, 6.07) is 0. The summed E-state index contributed by atoms with van der Waals surface area (Å²) in [6.45, 7) is 5.26. The Morgan fingerprint density at radius 1 is 0.963 bits per heavy atom. The molecule has 0 fully saturated rings. The van der Waals surface area contributed by atoms with Crippen LogP contribution < -0.4 is 143 Å². The van der Waals surface area contributed by atoms with Gasteiger partial charge in [0.05, 0.1) is 0 Å². The molecule has 0 radical (unpaired) electrons. The Kier molecular flexibility index (Phi) is 29.9. The first-order valence-electron chi connectivity index (χ1n) is 6.96. The molecule has 1 N–H and O–H groups in total. The fourth-order valence-corrected chi connectivity index (χ4v) is 4.03. The van der Waals surface area contributed by atoms with Gasteiger partial charge in [0.15, 0.2) is 0 Å². The third-order valence-electron chi connectivity index (χ3n) is 2.90. The van der Waals surface area contributed by atoms with E-state index in [-0.39, 0.29) is 118 Å². The Balaban J connectivity index is -0.000000403. The molecule has 8 nitrogen and oxygen atoms in total. The second-order valence-corrected chi connectivity index (χ2v) is 9.26. The van der Waals surface area contributed by atoms with Gasteiger partial charge in [0.2, 0.25) is 5.91 Å². The Morgan fingerprint density at radius 2 is 1.41 bits per heavy atom. The van der Waals surface area contributed by atoms with Crippen LogP contribution in [0.5, 0.6) is 0 Å². The normalized spacial score (nSPS) is 11.2. The van der Waals surface area contributed by atoms with Crippen molar-refractivity contribution in [3.8, 4) is 0 Å². The zero-order chi connectivity index (χ0) is 18.3. The molecule has 0 heterocycles. The van der Waals surface area contributed by atoms with Crippen molar-refractivity contribution in [3.05, 3.63) is 23.3 Å². The predicted molar refractivity (Wildman–Crippen MR) is 79.0 cm³/mol. The van der Waals surface area contributed by atoms with Crippen LogP contribution in [0.15, 0.2) is 23.3 Å². The van der Waals surface area contributed by atoms with Crippen LogP contribution in [0.1, 0.15) is 40.0 Å². The Morgan fingerprint density at radius 3 is 1.78 bits per heavy atom. The van der Waals surface area contributed by atoms with Crippen LogP contribution in [0.2, 0.25) is 0 Å². The molecule has 0 bridgehead atoms. The first-order chi connectivity index (χ1) is 10.3. The molecule has 0 aromatic heterocycles. The first kappa shape index (κ1) is 40.6. The maximum atomic E-state index is 11.6. The van der Waals surface area contributed by atoms with Crippen molar-refractivity contribution in [1.82, 2.24) is 5.32 Å². The second kappa shape index (κ2) is 19.9. The molecule has 0 unspecified atom stereocenters. The predicted octanol–water partition coefficient (Wildman–Crippen LogP) is -12.6. The molecule has 0 spiro atoms. The molecule has 0 aliphatic rings. The standard InChI is InChI=1S/C13H25NO7P2.4Na/c1-10(2)5-4-6-11(3)9-12(15)14-8-7-13(22(16,17)18)23(19,20)21;;;;/h5,9,13H,4,6-8H2,1-3H3,(H,14,15)(H2,16,17,18)(H2,19,20,21);;;;/q;4*+1/p-4/b11-9+;;;;. The summed E-state index contributed by atoms with van der Waals surface area (Å²) in [5, 5.41) is -0.285. The SMILES string of the molecule is CC(C)=CCC/C(C)=C/C(=O)NCCC(P(=O)([O-])[O-])P(=O)([O-])[O-].[Na+].[Na+].[Na+].[Na+]. The maximum absolute atomic E-state index is 11.6. The number of nitrogens with one attached hydrogen (secondary N) is 1. The molecule has 134 valence electrons. The van der Waals surface area contributed by atoms with E-state index in [9.17, 15) is 33.5 Å². The summed E-state index contributed by atoms with van der Waals surface area (Å²) < 4.78 is 21.5. The number of carbonyl (C=O) groups excluding carboxylic acids is 1. The molecule has 0 aromatic carbocycles. The van der Waals surface area contributed by atoms with E-state index in [2.05, 4.69) is 5.32 Å². The molecular formula is C13H21NNa4O7P2. The molecule has 0 aromatic rings. The van der Waals surface area contributed by atoms with Crippen LogP contribution in [-0.4, -0.2) is 17.9 Å². The molecular weight excluding hydrogens is 436 g/mol. The third kappa shape index (κ3) is 22.2. The van der Waals surface area contributed by atoms with Gasteiger partial charge < -0.3 is 34.0 Å². The second-order valence-electron chi connectivity index (χ2n) is 5.45. The van der Waals surface area contributed by atoms with Crippen molar-refractivity contribution in [1.29, 1.82) is 0 Å². The van der Waals surface area contributed by atoms with E-state index in [1.54, 1.807) is 6.92 Å². The van der Waals surface area contributed by atoms with Crippen LogP contribution in [-0.2, 0) is 13.9 Å². The maximum Gasteiger partial charge on any atom is 1.00 e. The van der Waals surface area contributed by atoms with Gasteiger partial charge in [0.1, 0.15) is 0 Å². The van der Waals surface area contributed by atoms with E-state index in [0.717, 1.165) is 17.6 Å². The van der Waals surface area contributed by atoms with Crippen LogP contribution in [0, 0.1) is 0 Å². The van der Waals surface area contributed by atoms with Crippen molar-refractivity contribution in [2.24, 2.45) is 0 Å². The molecule has 0 atom stereocenters. The van der Waals surface area contributed by atoms with Gasteiger partial charge in [-0.1, -0.05) is 32.4 Å². The molecule has 14 heteroatoms. The molecule has 1 amide bonds. The molecule has 0 aliphatic heterocycles. The fraction of sp³-hybridized carbons (Fsp3) is 0.615. The van der Waals surface area contributed by atoms with Crippen LogP contribution >= 0.6 is 15.2 Å².